The average Bonchev–Trinajstić information content (AvgIpc) is 3.36. The van der Waals surface area contributed by atoms with Crippen LogP contribution in [-0.2, 0) is 14.8 Å². The molecule has 1 aliphatic rings. The molecule has 2 aromatic rings. The van der Waals surface area contributed by atoms with Gasteiger partial charge in [-0.25, -0.2) is 13.1 Å². The van der Waals surface area contributed by atoms with E-state index in [1.165, 1.54) is 19.1 Å². The number of ketones is 1. The summed E-state index contributed by atoms with van der Waals surface area (Å²) >= 11 is 0. The number of rotatable bonds is 8. The number of amides is 1. The highest BCUT2D eigenvalue weighted by atomic mass is 32.2. The van der Waals surface area contributed by atoms with Gasteiger partial charge in [0.2, 0.25) is 10.0 Å². The molecule has 0 atom stereocenters. The number of nitrogens with zero attached hydrogens (tertiary/aromatic N) is 2. The number of Topliss-reactive ketones (excluding diaryl/α,β-unsaturated/α-hetero) is 1. The molecule has 2 heterocycles. The van der Waals surface area contributed by atoms with Gasteiger partial charge in [-0.05, 0) is 6.08 Å². The SMILES string of the molecule is CC(=O)C1=NCC(S(=O)(=O)NCCNC(=O)c2cc(-c3ccccc3)on2)=C1. The molecule has 0 spiro atoms. The summed E-state index contributed by atoms with van der Waals surface area (Å²) in [5.74, 6) is -0.312. The maximum atomic E-state index is 12.2. The Morgan fingerprint density at radius 1 is 1.18 bits per heavy atom. The fraction of sp³-hybridized carbons (Fsp3) is 0.222. The minimum atomic E-state index is -3.76. The van der Waals surface area contributed by atoms with Gasteiger partial charge in [-0.2, -0.15) is 0 Å². The summed E-state index contributed by atoms with van der Waals surface area (Å²) in [6.07, 6.45) is 1.25. The molecule has 0 radical (unpaired) electrons. The Hall–Kier alpha value is -3.11. The van der Waals surface area contributed by atoms with Gasteiger partial charge in [0, 0.05) is 31.6 Å². The van der Waals surface area contributed by atoms with Gasteiger partial charge in [-0.3, -0.25) is 14.6 Å². The summed E-state index contributed by atoms with van der Waals surface area (Å²) in [4.78, 5) is 27.2. The second-order valence-electron chi connectivity index (χ2n) is 5.96. The van der Waals surface area contributed by atoms with Gasteiger partial charge in [0.1, 0.15) is 5.71 Å². The summed E-state index contributed by atoms with van der Waals surface area (Å²) in [5, 5.41) is 6.29. The van der Waals surface area contributed by atoms with E-state index >= 15 is 0 Å². The zero-order chi connectivity index (χ0) is 20.1. The molecule has 1 aromatic carbocycles. The molecule has 0 saturated heterocycles. The van der Waals surface area contributed by atoms with Gasteiger partial charge in [0.15, 0.2) is 17.2 Å². The molecule has 3 rings (SSSR count). The van der Waals surface area contributed by atoms with Crippen LogP contribution in [0.4, 0.5) is 0 Å². The highest BCUT2D eigenvalue weighted by Crippen LogP contribution is 2.19. The van der Waals surface area contributed by atoms with E-state index in [0.717, 1.165) is 5.56 Å². The largest absolute Gasteiger partial charge is 0.355 e. The van der Waals surface area contributed by atoms with Crippen LogP contribution in [0.15, 0.2) is 56.9 Å². The molecule has 28 heavy (non-hydrogen) atoms. The molecule has 9 nitrogen and oxygen atoms in total. The lowest BCUT2D eigenvalue weighted by molar-refractivity contribution is -0.111. The molecular formula is C18H18N4O5S. The molecule has 1 amide bonds. The predicted molar refractivity (Wildman–Crippen MR) is 102 cm³/mol. The minimum Gasteiger partial charge on any atom is -0.355 e. The Kier molecular flexibility index (Phi) is 5.81. The lowest BCUT2D eigenvalue weighted by atomic mass is 10.1. The van der Waals surface area contributed by atoms with Gasteiger partial charge < -0.3 is 9.84 Å². The van der Waals surface area contributed by atoms with Gasteiger partial charge in [0.05, 0.1) is 11.4 Å². The number of benzene rings is 1. The maximum Gasteiger partial charge on any atom is 0.273 e. The van der Waals surface area contributed by atoms with Gasteiger partial charge in [-0.15, -0.1) is 0 Å². The summed E-state index contributed by atoms with van der Waals surface area (Å²) in [6, 6.07) is 10.7. The number of carbonyl (C=O) groups is 2. The van der Waals surface area contributed by atoms with Crippen molar-refractivity contribution in [2.75, 3.05) is 19.6 Å². The van der Waals surface area contributed by atoms with Crippen molar-refractivity contribution in [3.8, 4) is 11.3 Å². The number of aromatic nitrogens is 1. The first-order valence-electron chi connectivity index (χ1n) is 8.43. The third-order valence-electron chi connectivity index (χ3n) is 3.91. The number of hydrogen-bond acceptors (Lipinski definition) is 7. The normalized spacial score (nSPS) is 13.8. The fourth-order valence-corrected chi connectivity index (χ4v) is 3.51. The van der Waals surface area contributed by atoms with Crippen molar-refractivity contribution in [1.29, 1.82) is 0 Å². The molecule has 0 saturated carbocycles. The number of hydrogen-bond donors (Lipinski definition) is 2. The summed E-state index contributed by atoms with van der Waals surface area (Å²) in [6.45, 7) is 1.28. The van der Waals surface area contributed by atoms with Crippen LogP contribution in [0.5, 0.6) is 0 Å². The number of aliphatic imine (C=N–C) groups is 1. The van der Waals surface area contributed by atoms with E-state index in [0.29, 0.717) is 5.76 Å². The molecule has 0 unspecified atom stereocenters. The number of carbonyl (C=O) groups excluding carboxylic acids is 2. The summed E-state index contributed by atoms with van der Waals surface area (Å²) in [7, 11) is -3.76. The van der Waals surface area contributed by atoms with Crippen molar-refractivity contribution >= 4 is 27.4 Å². The fourth-order valence-electron chi connectivity index (χ4n) is 2.45. The molecule has 2 N–H and O–H groups in total. The third kappa shape index (κ3) is 4.59. The highest BCUT2D eigenvalue weighted by Gasteiger charge is 2.23. The van der Waals surface area contributed by atoms with Crippen molar-refractivity contribution < 1.29 is 22.5 Å². The molecular weight excluding hydrogens is 384 g/mol. The van der Waals surface area contributed by atoms with E-state index in [1.54, 1.807) is 0 Å². The zero-order valence-electron chi connectivity index (χ0n) is 15.0. The Labute approximate surface area is 161 Å². The summed E-state index contributed by atoms with van der Waals surface area (Å²) in [5.41, 5.74) is 1.02. The monoisotopic (exact) mass is 402 g/mol. The maximum absolute atomic E-state index is 12.2. The first kappa shape index (κ1) is 19.6. The lowest BCUT2D eigenvalue weighted by Gasteiger charge is -2.07. The van der Waals surface area contributed by atoms with Crippen LogP contribution in [0, 0.1) is 0 Å². The Morgan fingerprint density at radius 2 is 1.93 bits per heavy atom. The first-order valence-corrected chi connectivity index (χ1v) is 9.91. The first-order chi connectivity index (χ1) is 13.4. The van der Waals surface area contributed by atoms with Crippen LogP contribution < -0.4 is 10.0 Å². The third-order valence-corrected chi connectivity index (χ3v) is 5.43. The second kappa shape index (κ2) is 8.28. The van der Waals surface area contributed by atoms with Crippen LogP contribution in [0.25, 0.3) is 11.3 Å². The van der Waals surface area contributed by atoms with E-state index in [2.05, 4.69) is 20.2 Å². The molecule has 0 fully saturated rings. The standard InChI is InChI=1S/C18H18N4O5S/c1-12(23)15-9-14(11-20-15)28(25,26)21-8-7-19-18(24)16-10-17(27-22-16)13-5-3-2-4-6-13/h2-6,9-10,21H,7-8,11H2,1H3,(H,19,24). The number of sulfonamides is 1. The molecule has 1 aromatic heterocycles. The Bertz CT molecular complexity index is 1050. The van der Waals surface area contributed by atoms with E-state index in [1.807, 2.05) is 30.3 Å². The van der Waals surface area contributed by atoms with Gasteiger partial charge >= 0.3 is 0 Å². The van der Waals surface area contributed by atoms with E-state index in [4.69, 9.17) is 4.52 Å². The van der Waals surface area contributed by atoms with E-state index in [9.17, 15) is 18.0 Å². The van der Waals surface area contributed by atoms with Crippen LogP contribution >= 0.6 is 0 Å². The predicted octanol–water partition coefficient (Wildman–Crippen LogP) is 0.918. The van der Waals surface area contributed by atoms with Crippen molar-refractivity contribution in [3.63, 3.8) is 0 Å². The minimum absolute atomic E-state index is 0.0213. The lowest BCUT2D eigenvalue weighted by Crippen LogP contribution is -2.35. The van der Waals surface area contributed by atoms with Crippen molar-refractivity contribution in [2.24, 2.45) is 4.99 Å². The van der Waals surface area contributed by atoms with Crippen LogP contribution in [0.2, 0.25) is 0 Å². The van der Waals surface area contributed by atoms with Crippen molar-refractivity contribution in [1.82, 2.24) is 15.2 Å². The topological polar surface area (TPSA) is 131 Å². The highest BCUT2D eigenvalue weighted by molar-refractivity contribution is 7.93. The molecule has 0 bridgehead atoms. The van der Waals surface area contributed by atoms with Gasteiger partial charge in [0.25, 0.3) is 5.91 Å². The van der Waals surface area contributed by atoms with E-state index in [-0.39, 0.29) is 41.7 Å². The zero-order valence-corrected chi connectivity index (χ0v) is 15.8. The van der Waals surface area contributed by atoms with Gasteiger partial charge in [-0.1, -0.05) is 35.5 Å². The van der Waals surface area contributed by atoms with E-state index < -0.39 is 15.9 Å². The quantitative estimate of drug-likeness (QED) is 0.631. The van der Waals surface area contributed by atoms with Crippen LogP contribution in [0.1, 0.15) is 17.4 Å². The molecule has 10 heteroatoms. The smallest absolute Gasteiger partial charge is 0.273 e. The van der Waals surface area contributed by atoms with Crippen LogP contribution in [0.3, 0.4) is 0 Å². The Morgan fingerprint density at radius 3 is 2.61 bits per heavy atom. The summed E-state index contributed by atoms with van der Waals surface area (Å²) < 4.78 is 31.9. The number of allylic oxidation sites excluding steroid dienone is 1. The molecule has 1 aliphatic heterocycles. The average molecular weight is 402 g/mol. The van der Waals surface area contributed by atoms with Crippen LogP contribution in [-0.4, -0.2) is 50.6 Å². The molecule has 146 valence electrons. The van der Waals surface area contributed by atoms with Crippen molar-refractivity contribution in [2.45, 2.75) is 6.92 Å². The Balaban J connectivity index is 1.49. The number of nitrogens with one attached hydrogen (secondary N) is 2. The van der Waals surface area contributed by atoms with Crippen molar-refractivity contribution in [3.05, 3.63) is 53.1 Å². The molecule has 0 aliphatic carbocycles. The second-order valence-corrected chi connectivity index (χ2v) is 7.78.